The predicted octanol–water partition coefficient (Wildman–Crippen LogP) is 5.03. The maximum atomic E-state index is 13.3. The molecule has 4 rings (SSSR count). The number of sulfonamides is 1. The molecule has 0 atom stereocenters. The van der Waals surface area contributed by atoms with E-state index >= 15 is 0 Å². The van der Waals surface area contributed by atoms with E-state index < -0.39 is 33.1 Å². The first-order valence-electron chi connectivity index (χ1n) is 10.9. The van der Waals surface area contributed by atoms with Crippen molar-refractivity contribution < 1.29 is 28.0 Å². The van der Waals surface area contributed by atoms with Gasteiger partial charge in [0.15, 0.2) is 5.78 Å². The minimum Gasteiger partial charge on any atom is -0.492 e. The second kappa shape index (κ2) is 9.33. The molecule has 0 unspecified atom stereocenters. The lowest BCUT2D eigenvalue weighted by atomic mass is 9.98. The van der Waals surface area contributed by atoms with Crippen LogP contribution in [0.5, 0.6) is 5.88 Å². The Morgan fingerprint density at radius 3 is 2.25 bits per heavy atom. The van der Waals surface area contributed by atoms with Crippen molar-refractivity contribution >= 4 is 50.0 Å². The molecule has 36 heavy (non-hydrogen) atoms. The minimum absolute atomic E-state index is 0.0435. The summed E-state index contributed by atoms with van der Waals surface area (Å²) in [4.78, 5) is 31.3. The van der Waals surface area contributed by atoms with Gasteiger partial charge >= 0.3 is 5.97 Å². The zero-order chi connectivity index (χ0) is 26.3. The molecule has 0 saturated carbocycles. The van der Waals surface area contributed by atoms with Gasteiger partial charge in [0.05, 0.1) is 27.2 Å². The van der Waals surface area contributed by atoms with E-state index in [1.165, 1.54) is 30.3 Å². The van der Waals surface area contributed by atoms with Crippen LogP contribution in [0.2, 0.25) is 5.02 Å². The van der Waals surface area contributed by atoms with Crippen molar-refractivity contribution in [2.75, 3.05) is 4.72 Å². The third-order valence-electron chi connectivity index (χ3n) is 5.33. The highest BCUT2D eigenvalue weighted by Crippen LogP contribution is 2.35. The van der Waals surface area contributed by atoms with Crippen LogP contribution in [-0.4, -0.2) is 30.0 Å². The molecule has 186 valence electrons. The maximum absolute atomic E-state index is 13.3. The molecule has 0 fully saturated rings. The van der Waals surface area contributed by atoms with E-state index in [1.807, 2.05) is 0 Å². The van der Waals surface area contributed by atoms with Crippen molar-refractivity contribution in [1.29, 1.82) is 0 Å². The molecule has 10 heteroatoms. The molecular formula is C26H23ClN2O6S. The molecule has 3 aromatic carbocycles. The molecule has 0 aliphatic rings. The van der Waals surface area contributed by atoms with Crippen molar-refractivity contribution in [3.63, 3.8) is 0 Å². The fraction of sp³-hybridized carbons (Fsp3) is 0.154. The van der Waals surface area contributed by atoms with E-state index in [0.29, 0.717) is 5.56 Å². The van der Waals surface area contributed by atoms with E-state index in [9.17, 15) is 23.1 Å². The Balaban J connectivity index is 1.86. The van der Waals surface area contributed by atoms with Crippen LogP contribution in [0.1, 0.15) is 36.7 Å². The van der Waals surface area contributed by atoms with Gasteiger partial charge in [0.1, 0.15) is 4.90 Å². The number of carbonyl (C=O) groups is 2. The van der Waals surface area contributed by atoms with Crippen LogP contribution in [-0.2, 0) is 14.8 Å². The number of nitrogens with zero attached hydrogens (tertiary/aromatic N) is 1. The summed E-state index contributed by atoms with van der Waals surface area (Å²) in [5.41, 5.74) is -0.470. The number of aromatic hydroxyl groups is 1. The fourth-order valence-corrected chi connectivity index (χ4v) is 5.02. The first kappa shape index (κ1) is 25.3. The average molecular weight is 527 g/mol. The summed E-state index contributed by atoms with van der Waals surface area (Å²) >= 11 is 6.06. The van der Waals surface area contributed by atoms with E-state index in [4.69, 9.17) is 16.4 Å². The largest absolute Gasteiger partial charge is 0.492 e. The molecule has 0 aliphatic carbocycles. The second-order valence-corrected chi connectivity index (χ2v) is 11.1. The number of aromatic nitrogens is 1. The van der Waals surface area contributed by atoms with Crippen LogP contribution in [0.25, 0.3) is 10.9 Å². The molecule has 1 aromatic heterocycles. The summed E-state index contributed by atoms with van der Waals surface area (Å²) < 4.78 is 29.1. The van der Waals surface area contributed by atoms with E-state index in [2.05, 4.69) is 4.72 Å². The number of anilines is 1. The highest BCUT2D eigenvalue weighted by molar-refractivity contribution is 7.92. The van der Waals surface area contributed by atoms with Crippen LogP contribution in [0, 0.1) is 5.41 Å². The summed E-state index contributed by atoms with van der Waals surface area (Å²) in [6.45, 7) is 4.91. The van der Waals surface area contributed by atoms with Crippen molar-refractivity contribution in [1.82, 2.24) is 4.73 Å². The summed E-state index contributed by atoms with van der Waals surface area (Å²) in [6, 6.07) is 18.5. The van der Waals surface area contributed by atoms with Gasteiger partial charge in [0.2, 0.25) is 5.88 Å². The highest BCUT2D eigenvalue weighted by atomic mass is 35.5. The number of hydrogen-bond acceptors (Lipinski definition) is 6. The number of ketones is 1. The van der Waals surface area contributed by atoms with Crippen molar-refractivity contribution in [3.05, 3.63) is 88.9 Å². The summed E-state index contributed by atoms with van der Waals surface area (Å²) in [5, 5.41) is 11.3. The lowest BCUT2D eigenvalue weighted by molar-refractivity contribution is -0.153. The normalized spacial score (nSPS) is 11.9. The number of benzene rings is 3. The number of carbonyl (C=O) groups excluding carboxylic acids is 2. The van der Waals surface area contributed by atoms with Crippen molar-refractivity contribution in [3.8, 4) is 5.88 Å². The van der Waals surface area contributed by atoms with Crippen molar-refractivity contribution in [2.24, 2.45) is 5.41 Å². The molecule has 0 aliphatic heterocycles. The quantitative estimate of drug-likeness (QED) is 0.340. The minimum atomic E-state index is -4.06. The molecule has 0 saturated heterocycles. The molecule has 0 radical (unpaired) electrons. The molecule has 2 N–H and O–H groups in total. The molecule has 1 heterocycles. The van der Waals surface area contributed by atoms with Gasteiger partial charge in [-0.15, -0.1) is 4.73 Å². The van der Waals surface area contributed by atoms with Crippen LogP contribution in [0.3, 0.4) is 0 Å². The molecule has 0 spiro atoms. The third-order valence-corrected chi connectivity index (χ3v) is 7.21. The maximum Gasteiger partial charge on any atom is 0.338 e. The van der Waals surface area contributed by atoms with E-state index in [1.54, 1.807) is 63.2 Å². The molecular weight excluding hydrogens is 504 g/mol. The zero-order valence-electron chi connectivity index (χ0n) is 19.7. The Hall–Kier alpha value is -3.82. The number of rotatable bonds is 6. The molecule has 8 nitrogen and oxygen atoms in total. The van der Waals surface area contributed by atoms with E-state index in [0.717, 1.165) is 4.73 Å². The fourth-order valence-electron chi connectivity index (χ4n) is 3.45. The van der Waals surface area contributed by atoms with Gasteiger partial charge in [0.25, 0.3) is 10.0 Å². The van der Waals surface area contributed by atoms with Gasteiger partial charge in [-0.1, -0.05) is 54.1 Å². The summed E-state index contributed by atoms with van der Waals surface area (Å²) in [7, 11) is -4.06. The predicted molar refractivity (Wildman–Crippen MR) is 137 cm³/mol. The van der Waals surface area contributed by atoms with Crippen LogP contribution in [0.4, 0.5) is 5.69 Å². The standard InChI is InChI=1S/C26H23ClN2O6S/c1-26(2,3)25(32)35-29-20-15-17(28-36(33,34)21-12-8-7-11-19(21)27)13-14-18(20)22(24(29)31)23(30)16-9-5-4-6-10-16/h4-15,28,31H,1-3H3. The van der Waals surface area contributed by atoms with Gasteiger partial charge in [-0.25, -0.2) is 13.2 Å². The number of fused-ring (bicyclic) bond motifs is 1. The first-order valence-corrected chi connectivity index (χ1v) is 12.7. The van der Waals surface area contributed by atoms with Crippen LogP contribution in [0.15, 0.2) is 77.7 Å². The Bertz CT molecular complexity index is 1590. The van der Waals surface area contributed by atoms with Crippen LogP contribution < -0.4 is 9.56 Å². The van der Waals surface area contributed by atoms with Gasteiger partial charge in [-0.2, -0.15) is 0 Å². The monoisotopic (exact) mass is 526 g/mol. The Labute approximate surface area is 213 Å². The summed E-state index contributed by atoms with van der Waals surface area (Å²) in [6.07, 6.45) is 0. The number of nitrogens with one attached hydrogen (secondary N) is 1. The van der Waals surface area contributed by atoms with Gasteiger partial charge < -0.3 is 9.94 Å². The number of hydrogen-bond donors (Lipinski definition) is 2. The lowest BCUT2D eigenvalue weighted by Crippen LogP contribution is -2.31. The highest BCUT2D eigenvalue weighted by Gasteiger charge is 2.30. The van der Waals surface area contributed by atoms with Gasteiger partial charge in [-0.05, 0) is 51.1 Å². The molecule has 0 amide bonds. The zero-order valence-corrected chi connectivity index (χ0v) is 21.2. The van der Waals surface area contributed by atoms with Gasteiger partial charge in [-0.3, -0.25) is 9.52 Å². The molecule has 0 bridgehead atoms. The van der Waals surface area contributed by atoms with Crippen LogP contribution >= 0.6 is 11.6 Å². The Morgan fingerprint density at radius 2 is 1.61 bits per heavy atom. The number of halogens is 1. The third kappa shape index (κ3) is 4.80. The second-order valence-electron chi connectivity index (χ2n) is 9.08. The SMILES string of the molecule is CC(C)(C)C(=O)On1c(O)c(C(=O)c2ccccc2)c2ccc(NS(=O)(=O)c3ccccc3Cl)cc21. The van der Waals surface area contributed by atoms with E-state index in [-0.39, 0.29) is 32.1 Å². The Kier molecular flexibility index (Phi) is 6.55. The topological polar surface area (TPSA) is 115 Å². The lowest BCUT2D eigenvalue weighted by Gasteiger charge is -2.17. The Morgan fingerprint density at radius 1 is 0.972 bits per heavy atom. The first-order chi connectivity index (χ1) is 16.9. The van der Waals surface area contributed by atoms with Crippen molar-refractivity contribution in [2.45, 2.75) is 25.7 Å². The molecule has 4 aromatic rings. The average Bonchev–Trinajstić information content (AvgIpc) is 3.09. The van der Waals surface area contributed by atoms with Gasteiger partial charge in [0, 0.05) is 10.9 Å². The summed E-state index contributed by atoms with van der Waals surface area (Å²) in [5.74, 6) is -1.74. The smallest absolute Gasteiger partial charge is 0.338 e.